The van der Waals surface area contributed by atoms with Crippen molar-refractivity contribution in [3.05, 3.63) is 53.7 Å². The van der Waals surface area contributed by atoms with E-state index in [2.05, 4.69) is 34.1 Å². The number of piperidine rings is 1. The van der Waals surface area contributed by atoms with Gasteiger partial charge in [-0.3, -0.25) is 9.69 Å². The number of pyridine rings is 1. The first-order chi connectivity index (χ1) is 13.7. The molecular formula is C22H26N2O4. The highest BCUT2D eigenvalue weighted by Crippen LogP contribution is 2.34. The summed E-state index contributed by atoms with van der Waals surface area (Å²) in [6.07, 6.45) is 3.31. The smallest absolute Gasteiger partial charge is 0.309 e. The number of carbonyl (C=O) groups is 1. The lowest BCUT2D eigenvalue weighted by Gasteiger charge is -2.31. The molecule has 148 valence electrons. The van der Waals surface area contributed by atoms with Crippen LogP contribution in [0.2, 0.25) is 0 Å². The molecule has 0 radical (unpaired) electrons. The van der Waals surface area contributed by atoms with Crippen molar-refractivity contribution in [2.24, 2.45) is 5.92 Å². The minimum absolute atomic E-state index is 0.0442. The molecule has 1 unspecified atom stereocenters. The van der Waals surface area contributed by atoms with Gasteiger partial charge in [-0.25, -0.2) is 4.98 Å². The molecule has 2 aromatic rings. The third-order valence-corrected chi connectivity index (χ3v) is 5.35. The molecule has 0 amide bonds. The van der Waals surface area contributed by atoms with Gasteiger partial charge < -0.3 is 14.2 Å². The predicted molar refractivity (Wildman–Crippen MR) is 104 cm³/mol. The molecular weight excluding hydrogens is 356 g/mol. The zero-order valence-corrected chi connectivity index (χ0v) is 16.2. The van der Waals surface area contributed by atoms with Crippen LogP contribution in [0.5, 0.6) is 11.6 Å². The van der Waals surface area contributed by atoms with E-state index in [0.717, 1.165) is 38.0 Å². The van der Waals surface area contributed by atoms with Crippen molar-refractivity contribution >= 4 is 5.97 Å². The maximum Gasteiger partial charge on any atom is 0.309 e. The summed E-state index contributed by atoms with van der Waals surface area (Å²) in [4.78, 5) is 18.5. The van der Waals surface area contributed by atoms with Crippen molar-refractivity contribution in [3.8, 4) is 11.6 Å². The molecule has 1 aromatic heterocycles. The first kappa shape index (κ1) is 18.7. The lowest BCUT2D eigenvalue weighted by atomic mass is 9.96. The Morgan fingerprint density at radius 3 is 2.75 bits per heavy atom. The molecule has 0 aliphatic carbocycles. The van der Waals surface area contributed by atoms with E-state index in [1.807, 2.05) is 19.1 Å². The van der Waals surface area contributed by atoms with Crippen LogP contribution in [0.3, 0.4) is 0 Å². The minimum Gasteiger partial charge on any atom is -0.484 e. The van der Waals surface area contributed by atoms with Crippen LogP contribution in [-0.2, 0) is 16.1 Å². The molecule has 2 aliphatic rings. The van der Waals surface area contributed by atoms with Crippen molar-refractivity contribution in [1.29, 1.82) is 0 Å². The molecule has 1 fully saturated rings. The number of carbonyl (C=O) groups excluding carboxylic acids is 1. The number of nitrogens with zero attached hydrogens (tertiary/aromatic N) is 2. The molecule has 6 heteroatoms. The van der Waals surface area contributed by atoms with Crippen LogP contribution < -0.4 is 9.47 Å². The van der Waals surface area contributed by atoms with E-state index < -0.39 is 0 Å². The Kier molecular flexibility index (Phi) is 5.76. The number of fused-ring (bicyclic) bond motifs is 1. The van der Waals surface area contributed by atoms with E-state index in [1.165, 1.54) is 5.56 Å². The number of ether oxygens (including phenoxy) is 3. The molecule has 0 N–H and O–H groups in total. The van der Waals surface area contributed by atoms with Gasteiger partial charge in [-0.1, -0.05) is 24.3 Å². The fourth-order valence-corrected chi connectivity index (χ4v) is 3.76. The van der Waals surface area contributed by atoms with E-state index in [0.29, 0.717) is 24.8 Å². The summed E-state index contributed by atoms with van der Waals surface area (Å²) in [6, 6.07) is 12.2. The fourth-order valence-electron chi connectivity index (χ4n) is 3.76. The van der Waals surface area contributed by atoms with Gasteiger partial charge in [0.1, 0.15) is 6.61 Å². The van der Waals surface area contributed by atoms with E-state index in [1.54, 1.807) is 6.20 Å². The van der Waals surface area contributed by atoms with Crippen molar-refractivity contribution in [2.75, 3.05) is 26.3 Å². The van der Waals surface area contributed by atoms with Crippen LogP contribution in [0, 0.1) is 5.92 Å². The highest BCUT2D eigenvalue weighted by molar-refractivity contribution is 5.72. The van der Waals surface area contributed by atoms with Crippen molar-refractivity contribution in [1.82, 2.24) is 9.88 Å². The Labute approximate surface area is 165 Å². The van der Waals surface area contributed by atoms with E-state index in [4.69, 9.17) is 14.2 Å². The molecule has 0 saturated carbocycles. The second kappa shape index (κ2) is 8.61. The molecule has 0 spiro atoms. The first-order valence-electron chi connectivity index (χ1n) is 9.95. The molecule has 2 aliphatic heterocycles. The summed E-state index contributed by atoms with van der Waals surface area (Å²) in [5.41, 5.74) is 2.34. The van der Waals surface area contributed by atoms with Gasteiger partial charge in [0.25, 0.3) is 5.88 Å². The Morgan fingerprint density at radius 2 is 2.00 bits per heavy atom. The molecule has 4 rings (SSSR count). The van der Waals surface area contributed by atoms with Gasteiger partial charge in [0, 0.05) is 12.7 Å². The van der Waals surface area contributed by atoms with Crippen molar-refractivity contribution < 1.29 is 19.0 Å². The third kappa shape index (κ3) is 4.28. The minimum atomic E-state index is -0.142. The lowest BCUT2D eigenvalue weighted by Crippen LogP contribution is -2.36. The van der Waals surface area contributed by atoms with Crippen LogP contribution in [0.15, 0.2) is 42.6 Å². The van der Waals surface area contributed by atoms with Gasteiger partial charge in [-0.15, -0.1) is 0 Å². The average molecular weight is 382 g/mol. The van der Waals surface area contributed by atoms with Crippen LogP contribution in [0.4, 0.5) is 0 Å². The summed E-state index contributed by atoms with van der Waals surface area (Å²) in [7, 11) is 0. The van der Waals surface area contributed by atoms with Crippen LogP contribution in [0.25, 0.3) is 0 Å². The van der Waals surface area contributed by atoms with Gasteiger partial charge in [0.05, 0.1) is 12.5 Å². The van der Waals surface area contributed by atoms with Crippen molar-refractivity contribution in [3.63, 3.8) is 0 Å². The summed E-state index contributed by atoms with van der Waals surface area (Å²) in [5.74, 6) is 1.25. The maximum absolute atomic E-state index is 11.9. The van der Waals surface area contributed by atoms with Gasteiger partial charge >= 0.3 is 5.97 Å². The fraction of sp³-hybridized carbons (Fsp3) is 0.455. The summed E-state index contributed by atoms with van der Waals surface area (Å²) in [5, 5.41) is 0. The number of likely N-dealkylation sites (tertiary alicyclic amines) is 1. The molecule has 3 heterocycles. The number of hydrogen-bond donors (Lipinski definition) is 0. The normalized spacial score (nSPS) is 20.0. The Balaban J connectivity index is 1.30. The Hall–Kier alpha value is -2.60. The lowest BCUT2D eigenvalue weighted by molar-refractivity contribution is -0.149. The number of esters is 1. The molecule has 1 saturated heterocycles. The predicted octanol–water partition coefficient (Wildman–Crippen LogP) is 3.37. The quantitative estimate of drug-likeness (QED) is 0.739. The highest BCUT2D eigenvalue weighted by Gasteiger charge is 2.26. The summed E-state index contributed by atoms with van der Waals surface area (Å²) in [6.45, 7) is 5.54. The largest absolute Gasteiger partial charge is 0.484 e. The number of rotatable bonds is 5. The third-order valence-electron chi connectivity index (χ3n) is 5.35. The van der Waals surface area contributed by atoms with E-state index >= 15 is 0 Å². The van der Waals surface area contributed by atoms with Crippen LogP contribution >= 0.6 is 0 Å². The van der Waals surface area contributed by atoms with Gasteiger partial charge in [0.2, 0.25) is 0 Å². The second-order valence-electron chi connectivity index (χ2n) is 7.27. The molecule has 28 heavy (non-hydrogen) atoms. The summed E-state index contributed by atoms with van der Waals surface area (Å²) >= 11 is 0. The molecule has 0 bridgehead atoms. The second-order valence-corrected chi connectivity index (χ2v) is 7.27. The zero-order chi connectivity index (χ0) is 19.3. The van der Waals surface area contributed by atoms with E-state index in [-0.39, 0.29) is 18.0 Å². The summed E-state index contributed by atoms with van der Waals surface area (Å²) < 4.78 is 16.9. The zero-order valence-electron chi connectivity index (χ0n) is 16.2. The first-order valence-corrected chi connectivity index (χ1v) is 9.95. The SMILES string of the molecule is CCOC(=O)C1CCN(Cc2ccc(C3COc4cccnc4O3)cc2)CC1. The number of aromatic nitrogens is 1. The maximum atomic E-state index is 11.9. The number of hydrogen-bond acceptors (Lipinski definition) is 6. The number of benzene rings is 1. The van der Waals surface area contributed by atoms with Gasteiger partial charge in [-0.05, 0) is 56.1 Å². The topological polar surface area (TPSA) is 60.9 Å². The standard InChI is InChI=1S/C22H26N2O4/c1-2-26-22(25)18-9-12-24(13-10-18)14-16-5-7-17(8-6-16)20-15-27-19-4-3-11-23-21(19)28-20/h3-8,11,18,20H,2,9-10,12-15H2,1H3. The monoisotopic (exact) mass is 382 g/mol. The van der Waals surface area contributed by atoms with Crippen LogP contribution in [0.1, 0.15) is 37.0 Å². The Morgan fingerprint density at radius 1 is 1.21 bits per heavy atom. The van der Waals surface area contributed by atoms with E-state index in [9.17, 15) is 4.79 Å². The van der Waals surface area contributed by atoms with Crippen molar-refractivity contribution in [2.45, 2.75) is 32.4 Å². The van der Waals surface area contributed by atoms with Crippen LogP contribution in [-0.4, -0.2) is 42.2 Å². The molecule has 1 aromatic carbocycles. The highest BCUT2D eigenvalue weighted by atomic mass is 16.6. The van der Waals surface area contributed by atoms with Gasteiger partial charge in [0.15, 0.2) is 11.9 Å². The average Bonchev–Trinajstić information content (AvgIpc) is 2.75. The molecule has 1 atom stereocenters. The molecule has 6 nitrogen and oxygen atoms in total. The van der Waals surface area contributed by atoms with Gasteiger partial charge in [-0.2, -0.15) is 0 Å². The Bertz CT molecular complexity index is 800.